The number of nitrogens with zero attached hydrogens (tertiary/aromatic N) is 2. The molecule has 1 aromatic carbocycles. The van der Waals surface area contributed by atoms with Gasteiger partial charge in [-0.15, -0.1) is 0 Å². The summed E-state index contributed by atoms with van der Waals surface area (Å²) in [6, 6.07) is 8.20. The number of carbonyl (C=O) groups excluding carboxylic acids is 1. The molecule has 0 bridgehead atoms. The first-order valence-electron chi connectivity index (χ1n) is 7.62. The summed E-state index contributed by atoms with van der Waals surface area (Å²) in [7, 11) is 1.88. The number of amides is 1. The van der Waals surface area contributed by atoms with Crippen LogP contribution in [0.5, 0.6) is 0 Å². The Kier molecular flexibility index (Phi) is 4.74. The third-order valence-electron chi connectivity index (χ3n) is 4.31. The number of pyridine rings is 1. The third kappa shape index (κ3) is 3.31. The normalized spacial score (nSPS) is 18.9. The van der Waals surface area contributed by atoms with Crippen molar-refractivity contribution in [2.75, 3.05) is 20.1 Å². The highest BCUT2D eigenvalue weighted by Crippen LogP contribution is 2.25. The molecule has 4 nitrogen and oxygen atoms in total. The molecule has 1 fully saturated rings. The Labute approximate surface area is 139 Å². The van der Waals surface area contributed by atoms with E-state index in [1.165, 1.54) is 5.56 Å². The summed E-state index contributed by atoms with van der Waals surface area (Å²) in [5.41, 5.74) is 2.22. The second-order valence-corrected chi connectivity index (χ2v) is 6.77. The van der Waals surface area contributed by atoms with Crippen molar-refractivity contribution in [2.45, 2.75) is 19.4 Å². The van der Waals surface area contributed by atoms with E-state index in [9.17, 15) is 4.79 Å². The molecule has 1 aliphatic heterocycles. The third-order valence-corrected chi connectivity index (χ3v) is 5.00. The monoisotopic (exact) mass is 361 g/mol. The zero-order chi connectivity index (χ0) is 15.5. The van der Waals surface area contributed by atoms with Gasteiger partial charge in [-0.3, -0.25) is 9.78 Å². The number of likely N-dealkylation sites (tertiary alicyclic amines) is 1. The lowest BCUT2D eigenvalue weighted by molar-refractivity contribution is -0.133. The Morgan fingerprint density at radius 2 is 2.27 bits per heavy atom. The highest BCUT2D eigenvalue weighted by Gasteiger charge is 2.22. The number of aromatic nitrogens is 1. The lowest BCUT2D eigenvalue weighted by atomic mass is 9.96. The molecule has 22 heavy (non-hydrogen) atoms. The molecule has 1 saturated heterocycles. The van der Waals surface area contributed by atoms with E-state index < -0.39 is 0 Å². The Morgan fingerprint density at radius 3 is 3.09 bits per heavy atom. The number of halogens is 1. The zero-order valence-electron chi connectivity index (χ0n) is 12.7. The van der Waals surface area contributed by atoms with Crippen LogP contribution in [0, 0.1) is 5.92 Å². The topological polar surface area (TPSA) is 45.2 Å². The molecule has 1 aliphatic rings. The molecular weight excluding hydrogens is 342 g/mol. The molecule has 0 saturated carbocycles. The maximum atomic E-state index is 11.7. The molecule has 1 N–H and O–H groups in total. The molecule has 0 aliphatic carbocycles. The number of piperidine rings is 1. The Balaban J connectivity index is 1.63. The van der Waals surface area contributed by atoms with Crippen molar-refractivity contribution in [3.63, 3.8) is 0 Å². The van der Waals surface area contributed by atoms with Crippen LogP contribution in [-0.2, 0) is 11.3 Å². The molecule has 1 atom stereocenters. The van der Waals surface area contributed by atoms with Gasteiger partial charge in [-0.1, -0.05) is 28.1 Å². The van der Waals surface area contributed by atoms with E-state index in [1.54, 1.807) is 0 Å². The molecule has 1 aromatic heterocycles. The van der Waals surface area contributed by atoms with Crippen LogP contribution in [0.3, 0.4) is 0 Å². The van der Waals surface area contributed by atoms with Crippen molar-refractivity contribution < 1.29 is 4.79 Å². The first-order valence-corrected chi connectivity index (χ1v) is 8.41. The standard InChI is InChI=1S/C17H20BrN3O/c1-21-8-6-12(9-16(21)22)10-19-11-13-4-5-15(18)14-3-2-7-20-17(13)14/h2-5,7,12,19H,6,8-11H2,1H3. The highest BCUT2D eigenvalue weighted by atomic mass is 79.9. The Bertz CT molecular complexity index is 689. The van der Waals surface area contributed by atoms with Gasteiger partial charge in [-0.05, 0) is 36.6 Å². The van der Waals surface area contributed by atoms with Crippen LogP contribution in [0.4, 0.5) is 0 Å². The summed E-state index contributed by atoms with van der Waals surface area (Å²) in [5.74, 6) is 0.701. The van der Waals surface area contributed by atoms with Crippen molar-refractivity contribution in [1.82, 2.24) is 15.2 Å². The highest BCUT2D eigenvalue weighted by molar-refractivity contribution is 9.10. The number of hydrogen-bond acceptors (Lipinski definition) is 3. The Morgan fingerprint density at radius 1 is 1.41 bits per heavy atom. The van der Waals surface area contributed by atoms with E-state index >= 15 is 0 Å². The second kappa shape index (κ2) is 6.75. The number of fused-ring (bicyclic) bond motifs is 1. The van der Waals surface area contributed by atoms with E-state index in [4.69, 9.17) is 0 Å². The zero-order valence-corrected chi connectivity index (χ0v) is 14.3. The molecule has 0 radical (unpaired) electrons. The van der Waals surface area contributed by atoms with Gasteiger partial charge in [0.15, 0.2) is 0 Å². The van der Waals surface area contributed by atoms with Crippen LogP contribution in [0.25, 0.3) is 10.9 Å². The predicted octanol–water partition coefficient (Wildman–Crippen LogP) is 2.96. The van der Waals surface area contributed by atoms with E-state index in [-0.39, 0.29) is 5.91 Å². The van der Waals surface area contributed by atoms with E-state index in [1.807, 2.05) is 24.2 Å². The second-order valence-electron chi connectivity index (χ2n) is 5.91. The molecule has 5 heteroatoms. The summed E-state index contributed by atoms with van der Waals surface area (Å²) in [6.07, 6.45) is 3.56. The van der Waals surface area contributed by atoms with E-state index in [0.29, 0.717) is 12.3 Å². The number of carbonyl (C=O) groups is 1. The van der Waals surface area contributed by atoms with E-state index in [2.05, 4.69) is 44.4 Å². The van der Waals surface area contributed by atoms with Gasteiger partial charge in [-0.2, -0.15) is 0 Å². The fourth-order valence-corrected chi connectivity index (χ4v) is 3.38. The van der Waals surface area contributed by atoms with Crippen molar-refractivity contribution in [3.8, 4) is 0 Å². The summed E-state index contributed by atoms with van der Waals surface area (Å²) < 4.78 is 1.07. The van der Waals surface area contributed by atoms with Gasteiger partial charge < -0.3 is 10.2 Å². The van der Waals surface area contributed by atoms with Crippen LogP contribution in [0.1, 0.15) is 18.4 Å². The van der Waals surface area contributed by atoms with Crippen LogP contribution in [0.2, 0.25) is 0 Å². The summed E-state index contributed by atoms with van der Waals surface area (Å²) in [5, 5.41) is 4.63. The number of nitrogens with one attached hydrogen (secondary N) is 1. The van der Waals surface area contributed by atoms with Gasteiger partial charge >= 0.3 is 0 Å². The van der Waals surface area contributed by atoms with Gasteiger partial charge in [0.05, 0.1) is 5.52 Å². The molecular formula is C17H20BrN3O. The molecule has 1 unspecified atom stereocenters. The van der Waals surface area contributed by atoms with E-state index in [0.717, 1.165) is 41.4 Å². The molecule has 116 valence electrons. The van der Waals surface area contributed by atoms with Gasteiger partial charge in [0.25, 0.3) is 0 Å². The Hall–Kier alpha value is -1.46. The average molecular weight is 362 g/mol. The summed E-state index contributed by atoms with van der Waals surface area (Å²) >= 11 is 3.57. The van der Waals surface area contributed by atoms with Gasteiger partial charge in [-0.25, -0.2) is 0 Å². The molecule has 0 spiro atoms. The molecule has 2 aromatic rings. The van der Waals surface area contributed by atoms with Gasteiger partial charge in [0.2, 0.25) is 5.91 Å². The SMILES string of the molecule is CN1CCC(CNCc2ccc(Br)c3cccnc23)CC1=O. The van der Waals surface area contributed by atoms with Crippen LogP contribution >= 0.6 is 15.9 Å². The van der Waals surface area contributed by atoms with Crippen LogP contribution in [-0.4, -0.2) is 35.9 Å². The summed E-state index contributed by atoms with van der Waals surface area (Å²) in [4.78, 5) is 18.1. The minimum absolute atomic E-state index is 0.258. The van der Waals surface area contributed by atoms with Crippen molar-refractivity contribution in [1.29, 1.82) is 0 Å². The number of benzene rings is 1. The predicted molar refractivity (Wildman–Crippen MR) is 91.5 cm³/mol. The first-order chi connectivity index (χ1) is 10.6. The largest absolute Gasteiger partial charge is 0.346 e. The number of rotatable bonds is 4. The molecule has 1 amide bonds. The smallest absolute Gasteiger partial charge is 0.222 e. The van der Waals surface area contributed by atoms with Crippen molar-refractivity contribution >= 4 is 32.7 Å². The van der Waals surface area contributed by atoms with Crippen molar-refractivity contribution in [3.05, 3.63) is 40.5 Å². The lowest BCUT2D eigenvalue weighted by Crippen LogP contribution is -2.38. The molecule has 2 heterocycles. The minimum atomic E-state index is 0.258. The quantitative estimate of drug-likeness (QED) is 0.910. The van der Waals surface area contributed by atoms with Crippen molar-refractivity contribution in [2.24, 2.45) is 5.92 Å². The van der Waals surface area contributed by atoms with Crippen LogP contribution in [0.15, 0.2) is 34.9 Å². The molecule has 3 rings (SSSR count). The average Bonchev–Trinajstić information content (AvgIpc) is 2.53. The number of hydrogen-bond donors (Lipinski definition) is 1. The maximum absolute atomic E-state index is 11.7. The summed E-state index contributed by atoms with van der Waals surface area (Å²) in [6.45, 7) is 2.53. The van der Waals surface area contributed by atoms with Crippen LogP contribution < -0.4 is 5.32 Å². The fourth-order valence-electron chi connectivity index (χ4n) is 2.93. The van der Waals surface area contributed by atoms with Gasteiger partial charge in [0, 0.05) is 42.6 Å². The van der Waals surface area contributed by atoms with Gasteiger partial charge in [0.1, 0.15) is 0 Å². The fraction of sp³-hybridized carbons (Fsp3) is 0.412. The maximum Gasteiger partial charge on any atom is 0.222 e. The minimum Gasteiger partial charge on any atom is -0.346 e. The lowest BCUT2D eigenvalue weighted by Gasteiger charge is -2.28. The first kappa shape index (κ1) is 15.4.